The van der Waals surface area contributed by atoms with Crippen LogP contribution in [0.2, 0.25) is 0 Å². The highest BCUT2D eigenvalue weighted by atomic mass is 32.2. The van der Waals surface area contributed by atoms with Gasteiger partial charge in [0.15, 0.2) is 5.16 Å². The number of nitrogen functional groups attached to an aromatic ring is 1. The minimum atomic E-state index is -0.324. The van der Waals surface area contributed by atoms with Crippen molar-refractivity contribution in [2.24, 2.45) is 5.84 Å². The number of carbonyl (C=O) groups excluding carboxylic acids is 1. The van der Waals surface area contributed by atoms with E-state index in [0.717, 1.165) is 18.2 Å². The fraction of sp³-hybridized carbons (Fsp3) is 0.364. The minimum Gasteiger partial charge on any atom is -0.416 e. The number of hydrazine groups is 1. The van der Waals surface area contributed by atoms with E-state index in [1.165, 1.54) is 17.8 Å². The minimum absolute atomic E-state index is 0.114. The summed E-state index contributed by atoms with van der Waals surface area (Å²) in [6, 6.07) is 1.23. The van der Waals surface area contributed by atoms with Crippen molar-refractivity contribution in [1.29, 1.82) is 0 Å². The van der Waals surface area contributed by atoms with Crippen molar-refractivity contribution in [2.75, 3.05) is 17.2 Å². The Bertz CT molecular complexity index is 718. The second-order valence-corrected chi connectivity index (χ2v) is 6.26. The third kappa shape index (κ3) is 5.92. The first kappa shape index (κ1) is 17.3. The monoisotopic (exact) mass is 357 g/mol. The van der Waals surface area contributed by atoms with E-state index in [-0.39, 0.29) is 23.0 Å². The Labute approximate surface area is 139 Å². The number of nitrogens with zero attached hydrogens (tertiary/aromatic N) is 3. The number of hydrogen-bond acceptors (Lipinski definition) is 10. The maximum Gasteiger partial charge on any atom is 0.277 e. The first-order valence-electron chi connectivity index (χ1n) is 6.51. The molecule has 0 fully saturated rings. The van der Waals surface area contributed by atoms with Crippen LogP contribution in [0.3, 0.4) is 0 Å². The van der Waals surface area contributed by atoms with E-state index in [2.05, 4.69) is 20.2 Å². The second kappa shape index (κ2) is 8.55. The summed E-state index contributed by atoms with van der Waals surface area (Å²) in [4.78, 5) is 28.8. The number of thioether (sulfide) groups is 2. The number of aryl methyl sites for hydroxylation is 1. The largest absolute Gasteiger partial charge is 0.416 e. The summed E-state index contributed by atoms with van der Waals surface area (Å²) in [5.41, 5.74) is 7.24. The molecule has 1 amide bonds. The van der Waals surface area contributed by atoms with Gasteiger partial charge in [0.2, 0.25) is 11.8 Å². The Kier molecular flexibility index (Phi) is 6.43. The maximum atomic E-state index is 11.2. The first-order valence-corrected chi connectivity index (χ1v) is 8.48. The third-order valence-electron chi connectivity index (χ3n) is 2.45. The molecule has 2 rings (SSSR count). The smallest absolute Gasteiger partial charge is 0.277 e. The van der Waals surface area contributed by atoms with Crippen molar-refractivity contribution in [3.05, 3.63) is 22.3 Å². The van der Waals surface area contributed by atoms with Crippen molar-refractivity contribution < 1.29 is 9.21 Å². The molecule has 0 saturated carbocycles. The lowest BCUT2D eigenvalue weighted by molar-refractivity contribution is -0.118. The normalized spacial score (nSPS) is 10.7. The number of H-pyrrole nitrogens is 1. The molecule has 0 radical (unpaired) electrons. The van der Waals surface area contributed by atoms with Gasteiger partial charge in [-0.25, -0.2) is 10.8 Å². The van der Waals surface area contributed by atoms with E-state index in [4.69, 9.17) is 16.0 Å². The van der Waals surface area contributed by atoms with Gasteiger partial charge in [-0.1, -0.05) is 23.5 Å². The van der Waals surface area contributed by atoms with E-state index in [0.29, 0.717) is 28.4 Å². The number of aromatic amines is 1. The third-order valence-corrected chi connectivity index (χ3v) is 4.23. The van der Waals surface area contributed by atoms with Crippen LogP contribution in [0.15, 0.2) is 25.7 Å². The zero-order valence-electron chi connectivity index (χ0n) is 11.9. The van der Waals surface area contributed by atoms with Crippen molar-refractivity contribution in [3.63, 3.8) is 0 Å². The summed E-state index contributed by atoms with van der Waals surface area (Å²) < 4.78 is 5.39. The second-order valence-electron chi connectivity index (χ2n) is 4.25. The predicted molar refractivity (Wildman–Crippen MR) is 85.7 cm³/mol. The van der Waals surface area contributed by atoms with Gasteiger partial charge < -0.3 is 15.1 Å². The van der Waals surface area contributed by atoms with Crippen molar-refractivity contribution >= 4 is 35.2 Å². The van der Waals surface area contributed by atoms with Crippen LogP contribution < -0.4 is 22.6 Å². The average molecular weight is 357 g/mol. The van der Waals surface area contributed by atoms with Crippen molar-refractivity contribution in [3.8, 4) is 0 Å². The summed E-state index contributed by atoms with van der Waals surface area (Å²) >= 11 is 2.50. The maximum absolute atomic E-state index is 11.2. The molecule has 12 heteroatoms. The van der Waals surface area contributed by atoms with Gasteiger partial charge in [-0.05, 0) is 6.42 Å². The zero-order chi connectivity index (χ0) is 16.7. The summed E-state index contributed by atoms with van der Waals surface area (Å²) in [6.07, 6.45) is 1.33. The van der Waals surface area contributed by atoms with E-state index in [1.54, 1.807) is 0 Å². The Balaban J connectivity index is 1.73. The number of hydrogen-bond donors (Lipinski definition) is 4. The predicted octanol–water partition coefficient (Wildman–Crippen LogP) is -0.458. The highest BCUT2D eigenvalue weighted by Gasteiger charge is 2.09. The molecule has 23 heavy (non-hydrogen) atoms. The quantitative estimate of drug-likeness (QED) is 0.121. The van der Waals surface area contributed by atoms with E-state index in [1.807, 2.05) is 5.43 Å². The molecule has 2 heterocycles. The van der Waals surface area contributed by atoms with Crippen molar-refractivity contribution in [2.45, 2.75) is 23.2 Å². The molecule has 0 aliphatic carbocycles. The molecule has 2 aromatic rings. The Hall–Kier alpha value is -2.05. The van der Waals surface area contributed by atoms with Crippen LogP contribution in [0.25, 0.3) is 0 Å². The van der Waals surface area contributed by atoms with Crippen LogP contribution in [-0.4, -0.2) is 37.6 Å². The lowest BCUT2D eigenvalue weighted by Crippen LogP contribution is -2.31. The molecule has 124 valence electrons. The molecule has 2 aromatic heterocycles. The number of amides is 1. The fourth-order valence-corrected chi connectivity index (χ4v) is 2.90. The van der Waals surface area contributed by atoms with Crippen LogP contribution in [0, 0.1) is 0 Å². The molecular formula is C11H15N7O3S2. The van der Waals surface area contributed by atoms with Gasteiger partial charge in [-0.3, -0.25) is 15.0 Å². The molecule has 0 bridgehead atoms. The van der Waals surface area contributed by atoms with Gasteiger partial charge in [-0.2, -0.15) is 0 Å². The number of rotatable bonds is 8. The Morgan fingerprint density at radius 3 is 2.96 bits per heavy atom. The topological polar surface area (TPSA) is 166 Å². The van der Waals surface area contributed by atoms with Gasteiger partial charge >= 0.3 is 0 Å². The average Bonchev–Trinajstić information content (AvgIpc) is 2.96. The van der Waals surface area contributed by atoms with Crippen LogP contribution in [0.1, 0.15) is 12.3 Å². The van der Waals surface area contributed by atoms with Crippen LogP contribution in [0.4, 0.5) is 5.82 Å². The number of anilines is 1. The molecule has 0 aliphatic rings. The van der Waals surface area contributed by atoms with Crippen LogP contribution in [-0.2, 0) is 11.2 Å². The highest BCUT2D eigenvalue weighted by Crippen LogP contribution is 2.18. The summed E-state index contributed by atoms with van der Waals surface area (Å²) in [7, 11) is 0. The van der Waals surface area contributed by atoms with E-state index in [9.17, 15) is 9.59 Å². The zero-order valence-corrected chi connectivity index (χ0v) is 13.6. The van der Waals surface area contributed by atoms with Gasteiger partial charge in [0.05, 0.1) is 5.75 Å². The number of nitrogens with two attached hydrogens (primary N) is 2. The van der Waals surface area contributed by atoms with Crippen LogP contribution in [0.5, 0.6) is 0 Å². The highest BCUT2D eigenvalue weighted by molar-refractivity contribution is 7.99. The molecule has 6 N–H and O–H groups in total. The number of carbonyl (C=O) groups is 1. The van der Waals surface area contributed by atoms with Crippen LogP contribution >= 0.6 is 23.5 Å². The Morgan fingerprint density at radius 1 is 1.39 bits per heavy atom. The van der Waals surface area contributed by atoms with E-state index >= 15 is 0 Å². The van der Waals surface area contributed by atoms with Gasteiger partial charge in [0.1, 0.15) is 5.82 Å². The SMILES string of the molecule is NNC(=O)CSc1nnc(CCCSc2nc(N)cc(=O)[nH]2)o1. The molecule has 0 unspecified atom stereocenters. The van der Waals surface area contributed by atoms with Gasteiger partial charge in [-0.15, -0.1) is 10.2 Å². The summed E-state index contributed by atoms with van der Waals surface area (Å²) in [5.74, 6) is 6.14. The Morgan fingerprint density at radius 2 is 2.22 bits per heavy atom. The molecule has 0 aliphatic heterocycles. The molecule has 0 atom stereocenters. The lowest BCUT2D eigenvalue weighted by atomic mass is 10.3. The van der Waals surface area contributed by atoms with Gasteiger partial charge in [0, 0.05) is 18.2 Å². The first-order chi connectivity index (χ1) is 11.1. The standard InChI is InChI=1S/C11H15N7O3S2/c12-6-4-7(19)15-10(14-6)22-3-1-2-9-17-18-11(21-9)23-5-8(20)16-13/h4H,1-3,5,13H2,(H,16,20)(H3,12,14,15,19). The summed E-state index contributed by atoms with van der Waals surface area (Å²) in [6.45, 7) is 0. The van der Waals surface area contributed by atoms with Gasteiger partial charge in [0.25, 0.3) is 10.8 Å². The number of aromatic nitrogens is 4. The molecule has 0 aromatic carbocycles. The molecule has 0 saturated heterocycles. The molecular weight excluding hydrogens is 342 g/mol. The van der Waals surface area contributed by atoms with Crippen molar-refractivity contribution in [1.82, 2.24) is 25.6 Å². The summed E-state index contributed by atoms with van der Waals surface area (Å²) in [5, 5.41) is 8.51. The van der Waals surface area contributed by atoms with E-state index < -0.39 is 0 Å². The number of nitrogens with one attached hydrogen (secondary N) is 2. The molecule has 0 spiro atoms. The fourth-order valence-electron chi connectivity index (χ4n) is 1.48. The lowest BCUT2D eigenvalue weighted by Gasteiger charge is -2.00. The molecule has 10 nitrogen and oxygen atoms in total.